The Morgan fingerprint density at radius 3 is 2.41 bits per heavy atom. The second-order valence-corrected chi connectivity index (χ2v) is 8.36. The molecule has 3 rings (SSSR count). The molecule has 2 aromatic carbocycles. The number of benzene rings is 2. The summed E-state index contributed by atoms with van der Waals surface area (Å²) < 4.78 is 98.6. The average molecular weight is 436 g/mol. The summed E-state index contributed by atoms with van der Waals surface area (Å²) in [6.07, 6.45) is -4.64. The number of sulfonamides is 1. The number of halogens is 5. The van der Waals surface area contributed by atoms with Gasteiger partial charge in [-0.2, -0.15) is 13.2 Å². The normalized spacial score (nSPS) is 18.1. The fourth-order valence-electron chi connectivity index (χ4n) is 2.95. The van der Waals surface area contributed by atoms with Crippen molar-refractivity contribution in [1.82, 2.24) is 4.90 Å². The van der Waals surface area contributed by atoms with Gasteiger partial charge < -0.3 is 9.64 Å². The van der Waals surface area contributed by atoms with Crippen molar-refractivity contribution in [2.24, 2.45) is 0 Å². The molecular formula is C18H17F5N2O3S. The second-order valence-electron chi connectivity index (χ2n) is 6.68. The van der Waals surface area contributed by atoms with Crippen LogP contribution in [0.4, 0.5) is 27.6 Å². The molecule has 1 heterocycles. The van der Waals surface area contributed by atoms with Crippen LogP contribution in [0.1, 0.15) is 12.0 Å². The van der Waals surface area contributed by atoms with Gasteiger partial charge in [0.2, 0.25) is 0 Å². The van der Waals surface area contributed by atoms with E-state index in [1.165, 1.54) is 0 Å². The number of alkyl halides is 3. The fourth-order valence-corrected chi connectivity index (χ4v) is 4.01. The van der Waals surface area contributed by atoms with E-state index >= 15 is 0 Å². The molecule has 0 spiro atoms. The SMILES string of the molecule is CN1CC[C@@H](Oc2cc(NS(=O)(=O)c3ccc(F)c(F)c3)ccc2C(F)(F)F)C1. The Kier molecular flexibility index (Phi) is 5.72. The minimum Gasteiger partial charge on any atom is -0.488 e. The number of likely N-dealkylation sites (N-methyl/N-ethyl adjacent to an activating group) is 1. The van der Waals surface area contributed by atoms with E-state index in [-0.39, 0.29) is 5.69 Å². The van der Waals surface area contributed by atoms with E-state index in [2.05, 4.69) is 4.72 Å². The molecule has 1 saturated heterocycles. The molecule has 0 unspecified atom stereocenters. The Labute approximate surface area is 164 Å². The number of likely N-dealkylation sites (tertiary alicyclic amines) is 1. The van der Waals surface area contributed by atoms with Gasteiger partial charge in [0, 0.05) is 19.2 Å². The Morgan fingerprint density at radius 1 is 1.10 bits per heavy atom. The Morgan fingerprint density at radius 2 is 1.83 bits per heavy atom. The average Bonchev–Trinajstić information content (AvgIpc) is 3.01. The first-order chi connectivity index (χ1) is 13.5. The molecule has 29 heavy (non-hydrogen) atoms. The molecule has 2 aromatic rings. The highest BCUT2D eigenvalue weighted by molar-refractivity contribution is 7.92. The van der Waals surface area contributed by atoms with Gasteiger partial charge in [-0.3, -0.25) is 4.72 Å². The summed E-state index contributed by atoms with van der Waals surface area (Å²) in [5.74, 6) is -3.10. The van der Waals surface area contributed by atoms with Crippen LogP contribution in [0.15, 0.2) is 41.3 Å². The summed E-state index contributed by atoms with van der Waals surface area (Å²) in [5, 5.41) is 0. The van der Waals surface area contributed by atoms with Gasteiger partial charge in [-0.1, -0.05) is 0 Å². The van der Waals surface area contributed by atoms with Crippen molar-refractivity contribution in [2.75, 3.05) is 24.9 Å². The van der Waals surface area contributed by atoms with Crippen LogP contribution in [-0.4, -0.2) is 39.6 Å². The zero-order chi connectivity index (χ0) is 21.4. The highest BCUT2D eigenvalue weighted by Crippen LogP contribution is 2.39. The first-order valence-electron chi connectivity index (χ1n) is 8.50. The van der Waals surface area contributed by atoms with Gasteiger partial charge in [-0.25, -0.2) is 17.2 Å². The molecule has 11 heteroatoms. The Balaban J connectivity index is 1.91. The van der Waals surface area contributed by atoms with E-state index in [4.69, 9.17) is 4.74 Å². The Bertz CT molecular complexity index is 1010. The van der Waals surface area contributed by atoms with Crippen LogP contribution >= 0.6 is 0 Å². The van der Waals surface area contributed by atoms with Crippen LogP contribution < -0.4 is 9.46 Å². The van der Waals surface area contributed by atoms with E-state index in [0.29, 0.717) is 37.7 Å². The molecule has 1 atom stereocenters. The zero-order valence-corrected chi connectivity index (χ0v) is 15.9. The zero-order valence-electron chi connectivity index (χ0n) is 15.1. The number of anilines is 1. The molecule has 0 aliphatic carbocycles. The smallest absolute Gasteiger partial charge is 0.419 e. The lowest BCUT2D eigenvalue weighted by atomic mass is 10.1. The van der Waals surface area contributed by atoms with Crippen molar-refractivity contribution in [3.63, 3.8) is 0 Å². The summed E-state index contributed by atoms with van der Waals surface area (Å²) in [6, 6.07) is 4.52. The van der Waals surface area contributed by atoms with Crippen molar-refractivity contribution < 1.29 is 35.1 Å². The highest BCUT2D eigenvalue weighted by Gasteiger charge is 2.36. The minimum atomic E-state index is -4.70. The summed E-state index contributed by atoms with van der Waals surface area (Å²) in [4.78, 5) is 1.32. The van der Waals surface area contributed by atoms with E-state index in [9.17, 15) is 30.4 Å². The molecule has 0 radical (unpaired) electrons. The maximum Gasteiger partial charge on any atom is 0.419 e. The van der Waals surface area contributed by atoms with Gasteiger partial charge in [0.15, 0.2) is 11.6 Å². The molecule has 1 fully saturated rings. The lowest BCUT2D eigenvalue weighted by molar-refractivity contribution is -0.139. The maximum atomic E-state index is 13.3. The van der Waals surface area contributed by atoms with Gasteiger partial charge in [-0.05, 0) is 43.8 Å². The lowest BCUT2D eigenvalue weighted by Crippen LogP contribution is -2.23. The number of nitrogens with zero attached hydrogens (tertiary/aromatic N) is 1. The molecular weight excluding hydrogens is 419 g/mol. The third-order valence-corrected chi connectivity index (χ3v) is 5.76. The predicted octanol–water partition coefficient (Wildman–Crippen LogP) is 3.87. The molecule has 1 N–H and O–H groups in total. The van der Waals surface area contributed by atoms with Gasteiger partial charge >= 0.3 is 6.18 Å². The van der Waals surface area contributed by atoms with Crippen LogP contribution in [0.3, 0.4) is 0 Å². The largest absolute Gasteiger partial charge is 0.488 e. The van der Waals surface area contributed by atoms with E-state index in [0.717, 1.165) is 18.2 Å². The van der Waals surface area contributed by atoms with Crippen LogP contribution in [0, 0.1) is 11.6 Å². The van der Waals surface area contributed by atoms with Crippen molar-refractivity contribution in [3.05, 3.63) is 53.6 Å². The van der Waals surface area contributed by atoms with Gasteiger partial charge in [0.25, 0.3) is 10.0 Å². The maximum absolute atomic E-state index is 13.3. The molecule has 0 amide bonds. The highest BCUT2D eigenvalue weighted by atomic mass is 32.2. The van der Waals surface area contributed by atoms with Crippen molar-refractivity contribution in [1.29, 1.82) is 0 Å². The van der Waals surface area contributed by atoms with Crippen molar-refractivity contribution in [2.45, 2.75) is 23.6 Å². The molecule has 0 bridgehead atoms. The van der Waals surface area contributed by atoms with Crippen LogP contribution in [0.25, 0.3) is 0 Å². The summed E-state index contributed by atoms with van der Waals surface area (Å²) in [5.41, 5.74) is -1.24. The third-order valence-electron chi connectivity index (χ3n) is 4.38. The van der Waals surface area contributed by atoms with Gasteiger partial charge in [0.05, 0.1) is 16.1 Å². The number of nitrogens with one attached hydrogen (secondary N) is 1. The quantitative estimate of drug-likeness (QED) is 0.724. The second kappa shape index (κ2) is 7.79. The van der Waals surface area contributed by atoms with Crippen molar-refractivity contribution in [3.8, 4) is 5.75 Å². The Hall–Kier alpha value is -2.40. The van der Waals surface area contributed by atoms with E-state index < -0.39 is 50.1 Å². The molecule has 0 saturated carbocycles. The summed E-state index contributed by atoms with van der Waals surface area (Å²) in [7, 11) is -2.55. The van der Waals surface area contributed by atoms with Gasteiger partial charge in [-0.15, -0.1) is 0 Å². The molecule has 1 aliphatic rings. The number of hydrogen-bond donors (Lipinski definition) is 1. The van der Waals surface area contributed by atoms with Gasteiger partial charge in [0.1, 0.15) is 11.9 Å². The molecule has 5 nitrogen and oxygen atoms in total. The standard InChI is InChI=1S/C18H17F5N2O3S/c1-25-7-6-12(10-25)28-17-8-11(2-4-14(17)18(21,22)23)24-29(26,27)13-3-5-15(19)16(20)9-13/h2-5,8-9,12,24H,6-7,10H2,1H3/t12-/m1/s1. The summed E-state index contributed by atoms with van der Waals surface area (Å²) >= 11 is 0. The summed E-state index contributed by atoms with van der Waals surface area (Å²) in [6.45, 7) is 1.09. The lowest BCUT2D eigenvalue weighted by Gasteiger charge is -2.19. The van der Waals surface area contributed by atoms with Crippen LogP contribution in [0.2, 0.25) is 0 Å². The fraction of sp³-hybridized carbons (Fsp3) is 0.333. The molecule has 158 valence electrons. The topological polar surface area (TPSA) is 58.6 Å². The van der Waals surface area contributed by atoms with Crippen molar-refractivity contribution >= 4 is 15.7 Å². The van der Waals surface area contributed by atoms with E-state index in [1.54, 1.807) is 7.05 Å². The monoisotopic (exact) mass is 436 g/mol. The van der Waals surface area contributed by atoms with Crippen LogP contribution in [0.5, 0.6) is 5.75 Å². The number of hydrogen-bond acceptors (Lipinski definition) is 4. The minimum absolute atomic E-state index is 0.205. The van der Waals surface area contributed by atoms with E-state index in [1.807, 2.05) is 4.90 Å². The predicted molar refractivity (Wildman–Crippen MR) is 95.1 cm³/mol. The number of rotatable bonds is 5. The van der Waals surface area contributed by atoms with Crippen LogP contribution in [-0.2, 0) is 16.2 Å². The molecule has 1 aliphatic heterocycles. The number of ether oxygens (including phenoxy) is 1. The molecule has 0 aromatic heterocycles. The third kappa shape index (κ3) is 4.96. The first kappa shape index (κ1) is 21.3. The first-order valence-corrected chi connectivity index (χ1v) is 9.98.